The largest absolute Gasteiger partial charge is 0.493 e. The molecule has 0 amide bonds. The molecule has 0 aliphatic rings. The van der Waals surface area contributed by atoms with E-state index in [-0.39, 0.29) is 0 Å². The molecule has 0 spiro atoms. The molecule has 0 aliphatic heterocycles. The number of rotatable bonds is 5. The zero-order chi connectivity index (χ0) is 14.4. The Morgan fingerprint density at radius 3 is 1.80 bits per heavy atom. The van der Waals surface area contributed by atoms with Gasteiger partial charge in [-0.1, -0.05) is 67.6 Å². The summed E-state index contributed by atoms with van der Waals surface area (Å²) >= 11 is 0. The Morgan fingerprint density at radius 2 is 1.45 bits per heavy atom. The van der Waals surface area contributed by atoms with Crippen LogP contribution >= 0.6 is 7.14 Å². The molecule has 0 saturated carbocycles. The summed E-state index contributed by atoms with van der Waals surface area (Å²) in [6.45, 7) is 2.01. The Balaban J connectivity index is 2.67. The first-order chi connectivity index (χ1) is 9.73. The van der Waals surface area contributed by atoms with Gasteiger partial charge in [0.2, 0.25) is 7.14 Å². The molecule has 0 bridgehead atoms. The van der Waals surface area contributed by atoms with Crippen molar-refractivity contribution in [2.45, 2.75) is 13.3 Å². The molecule has 20 heavy (non-hydrogen) atoms. The van der Waals surface area contributed by atoms with Gasteiger partial charge >= 0.3 is 0 Å². The van der Waals surface area contributed by atoms with Crippen LogP contribution < -0.4 is 10.6 Å². The van der Waals surface area contributed by atoms with E-state index in [2.05, 4.69) is 0 Å². The molecule has 0 fully saturated rings. The SMILES string of the molecule is CCC=C(OC)P(=O)(c1ccccc1)c1ccccc1. The second kappa shape index (κ2) is 6.58. The summed E-state index contributed by atoms with van der Waals surface area (Å²) in [5.41, 5.74) is 0.553. The van der Waals surface area contributed by atoms with E-state index in [4.69, 9.17) is 4.74 Å². The van der Waals surface area contributed by atoms with Gasteiger partial charge < -0.3 is 9.30 Å². The fraction of sp³-hybridized carbons (Fsp3) is 0.176. The zero-order valence-electron chi connectivity index (χ0n) is 11.8. The van der Waals surface area contributed by atoms with Crippen molar-refractivity contribution in [1.29, 1.82) is 0 Å². The molecular weight excluding hydrogens is 267 g/mol. The van der Waals surface area contributed by atoms with E-state index in [1.165, 1.54) is 0 Å². The van der Waals surface area contributed by atoms with Crippen LogP contribution in [0.25, 0.3) is 0 Å². The lowest BCUT2D eigenvalue weighted by Gasteiger charge is -2.21. The van der Waals surface area contributed by atoms with Gasteiger partial charge in [-0.3, -0.25) is 0 Å². The van der Waals surface area contributed by atoms with Crippen LogP contribution in [0.2, 0.25) is 0 Å². The normalized spacial score (nSPS) is 12.2. The lowest BCUT2D eigenvalue weighted by atomic mass is 10.4. The standard InChI is InChI=1S/C17H19O2P/c1-3-10-17(19-2)20(18,15-11-6-4-7-12-15)16-13-8-5-9-14-16/h4-14H,3H2,1-2H3. The molecule has 0 unspecified atom stereocenters. The summed E-state index contributed by atoms with van der Waals surface area (Å²) in [5, 5.41) is 1.60. The molecule has 0 aromatic heterocycles. The van der Waals surface area contributed by atoms with Gasteiger partial charge in [0.1, 0.15) is 0 Å². The van der Waals surface area contributed by atoms with Crippen molar-refractivity contribution in [2.75, 3.05) is 7.11 Å². The summed E-state index contributed by atoms with van der Waals surface area (Å²) in [6.07, 6.45) is 2.69. The maximum absolute atomic E-state index is 13.7. The quantitative estimate of drug-likeness (QED) is 0.615. The highest BCUT2D eigenvalue weighted by Crippen LogP contribution is 2.51. The van der Waals surface area contributed by atoms with Gasteiger partial charge in [-0.25, -0.2) is 0 Å². The van der Waals surface area contributed by atoms with Crippen molar-refractivity contribution in [3.05, 3.63) is 72.2 Å². The average Bonchev–Trinajstić information content (AvgIpc) is 2.53. The lowest BCUT2D eigenvalue weighted by Crippen LogP contribution is -2.18. The number of benzene rings is 2. The summed E-state index contributed by atoms with van der Waals surface area (Å²) in [6, 6.07) is 19.1. The van der Waals surface area contributed by atoms with Gasteiger partial charge in [-0.15, -0.1) is 0 Å². The maximum Gasteiger partial charge on any atom is 0.203 e. The minimum absolute atomic E-state index is 0.553. The molecule has 0 saturated heterocycles. The second-order valence-corrected chi connectivity index (χ2v) is 7.13. The highest BCUT2D eigenvalue weighted by atomic mass is 31.2. The monoisotopic (exact) mass is 286 g/mol. The highest BCUT2D eigenvalue weighted by molar-refractivity contribution is 7.82. The Morgan fingerprint density at radius 1 is 1.00 bits per heavy atom. The van der Waals surface area contributed by atoms with Crippen LogP contribution in [0.4, 0.5) is 0 Å². The van der Waals surface area contributed by atoms with Crippen LogP contribution in [0.5, 0.6) is 0 Å². The molecule has 0 heterocycles. The maximum atomic E-state index is 13.7. The zero-order valence-corrected chi connectivity index (χ0v) is 12.7. The molecule has 104 valence electrons. The molecule has 2 aromatic carbocycles. The Bertz CT molecular complexity index is 574. The highest BCUT2D eigenvalue weighted by Gasteiger charge is 2.32. The van der Waals surface area contributed by atoms with Crippen LogP contribution in [0.3, 0.4) is 0 Å². The molecule has 2 rings (SSSR count). The van der Waals surface area contributed by atoms with E-state index in [0.29, 0.717) is 5.50 Å². The molecule has 2 nitrogen and oxygen atoms in total. The van der Waals surface area contributed by atoms with Gasteiger partial charge in [-0.2, -0.15) is 0 Å². The Kier molecular flexibility index (Phi) is 4.81. The van der Waals surface area contributed by atoms with Crippen molar-refractivity contribution in [2.24, 2.45) is 0 Å². The molecule has 0 N–H and O–H groups in total. The smallest absolute Gasteiger partial charge is 0.203 e. The van der Waals surface area contributed by atoms with Crippen molar-refractivity contribution < 1.29 is 9.30 Å². The first-order valence-electron chi connectivity index (χ1n) is 6.69. The molecule has 0 atom stereocenters. The van der Waals surface area contributed by atoms with Crippen LogP contribution in [-0.2, 0) is 9.30 Å². The first kappa shape index (κ1) is 14.6. The predicted molar refractivity (Wildman–Crippen MR) is 85.1 cm³/mol. The summed E-state index contributed by atoms with van der Waals surface area (Å²) in [5.74, 6) is 0. The van der Waals surface area contributed by atoms with E-state index < -0.39 is 7.14 Å². The van der Waals surface area contributed by atoms with Gasteiger partial charge in [0.05, 0.1) is 7.11 Å². The lowest BCUT2D eigenvalue weighted by molar-refractivity contribution is 0.317. The Hall–Kier alpha value is -1.79. The van der Waals surface area contributed by atoms with E-state index in [9.17, 15) is 4.57 Å². The molecular formula is C17H19O2P. The van der Waals surface area contributed by atoms with Gasteiger partial charge in [-0.05, 0) is 12.5 Å². The molecule has 0 aliphatic carbocycles. The number of hydrogen-bond donors (Lipinski definition) is 0. The third-order valence-corrected chi connectivity index (χ3v) is 6.17. The third-order valence-electron chi connectivity index (χ3n) is 3.14. The topological polar surface area (TPSA) is 26.3 Å². The van der Waals surface area contributed by atoms with Crippen LogP contribution in [0.15, 0.2) is 72.2 Å². The first-order valence-corrected chi connectivity index (χ1v) is 8.40. The minimum atomic E-state index is -2.91. The van der Waals surface area contributed by atoms with Gasteiger partial charge in [0.25, 0.3) is 0 Å². The number of hydrogen-bond acceptors (Lipinski definition) is 2. The third kappa shape index (κ3) is 2.71. The fourth-order valence-electron chi connectivity index (χ4n) is 2.19. The van der Waals surface area contributed by atoms with Crippen LogP contribution in [0, 0.1) is 0 Å². The summed E-state index contributed by atoms with van der Waals surface area (Å²) < 4.78 is 19.2. The van der Waals surface area contributed by atoms with Crippen molar-refractivity contribution >= 4 is 17.8 Å². The predicted octanol–water partition coefficient (Wildman–Crippen LogP) is 3.90. The summed E-state index contributed by atoms with van der Waals surface area (Å²) in [7, 11) is -1.33. The molecule has 0 radical (unpaired) electrons. The number of ether oxygens (including phenoxy) is 1. The molecule has 2 aromatic rings. The summed E-state index contributed by atoms with van der Waals surface area (Å²) in [4.78, 5) is 0. The number of allylic oxidation sites excluding steroid dienone is 1. The van der Waals surface area contributed by atoms with Crippen molar-refractivity contribution in [3.63, 3.8) is 0 Å². The van der Waals surface area contributed by atoms with Crippen molar-refractivity contribution in [3.8, 4) is 0 Å². The average molecular weight is 286 g/mol. The van der Waals surface area contributed by atoms with Crippen LogP contribution in [-0.4, -0.2) is 7.11 Å². The van der Waals surface area contributed by atoms with E-state index >= 15 is 0 Å². The number of methoxy groups -OCH3 is 1. The van der Waals surface area contributed by atoms with Crippen LogP contribution in [0.1, 0.15) is 13.3 Å². The van der Waals surface area contributed by atoms with E-state index in [1.807, 2.05) is 73.7 Å². The van der Waals surface area contributed by atoms with E-state index in [1.54, 1.807) is 7.11 Å². The molecule has 3 heteroatoms. The van der Waals surface area contributed by atoms with Crippen molar-refractivity contribution in [1.82, 2.24) is 0 Å². The van der Waals surface area contributed by atoms with Gasteiger partial charge in [0, 0.05) is 10.6 Å². The van der Waals surface area contributed by atoms with E-state index in [0.717, 1.165) is 17.0 Å². The fourth-order valence-corrected chi connectivity index (χ4v) is 4.88. The van der Waals surface area contributed by atoms with Gasteiger partial charge in [0.15, 0.2) is 5.50 Å². The minimum Gasteiger partial charge on any atom is -0.493 e. The second-order valence-electron chi connectivity index (χ2n) is 4.44. The Labute approximate surface area is 120 Å².